The summed E-state index contributed by atoms with van der Waals surface area (Å²) in [6, 6.07) is 8.73. The molecular weight excluding hydrogens is 288 g/mol. The van der Waals surface area contributed by atoms with E-state index in [2.05, 4.69) is 0 Å². The largest absolute Gasteiger partial charge is 0.392 e. The van der Waals surface area contributed by atoms with Gasteiger partial charge in [0, 0.05) is 0 Å². The third-order valence-electron chi connectivity index (χ3n) is 2.59. The molecule has 0 saturated heterocycles. The molecule has 2 aromatic rings. The van der Waals surface area contributed by atoms with E-state index in [4.69, 9.17) is 5.11 Å². The van der Waals surface area contributed by atoms with Crippen molar-refractivity contribution in [3.8, 4) is 0 Å². The molecule has 0 fully saturated rings. The Labute approximate surface area is 114 Å². The van der Waals surface area contributed by atoms with Crippen molar-refractivity contribution < 1.29 is 22.3 Å². The summed E-state index contributed by atoms with van der Waals surface area (Å²) >= 11 is 0. The Balaban J connectivity index is 2.38. The van der Waals surface area contributed by atoms with Crippen LogP contribution in [0.15, 0.2) is 47.4 Å². The van der Waals surface area contributed by atoms with Gasteiger partial charge < -0.3 is 5.11 Å². The molecule has 2 rings (SSSR count). The van der Waals surface area contributed by atoms with E-state index >= 15 is 0 Å². The maximum Gasteiger partial charge on any atom is 0.261 e. The molecule has 0 aromatic heterocycles. The van der Waals surface area contributed by atoms with Crippen LogP contribution in [0.5, 0.6) is 0 Å². The maximum absolute atomic E-state index is 13.5. The lowest BCUT2D eigenvalue weighted by Gasteiger charge is -2.10. The van der Waals surface area contributed by atoms with Crippen LogP contribution in [0.2, 0.25) is 0 Å². The Morgan fingerprint density at radius 3 is 2.50 bits per heavy atom. The Morgan fingerprint density at radius 1 is 1.10 bits per heavy atom. The second-order valence-corrected chi connectivity index (χ2v) is 5.69. The summed E-state index contributed by atoms with van der Waals surface area (Å²) in [4.78, 5) is -0.146. The van der Waals surface area contributed by atoms with Crippen LogP contribution < -0.4 is 4.72 Å². The first-order valence-corrected chi connectivity index (χ1v) is 7.09. The molecule has 0 radical (unpaired) electrons. The topological polar surface area (TPSA) is 66.4 Å². The van der Waals surface area contributed by atoms with E-state index in [1.165, 1.54) is 24.3 Å². The molecule has 0 saturated carbocycles. The normalized spacial score (nSPS) is 11.3. The van der Waals surface area contributed by atoms with Gasteiger partial charge in [0.05, 0.1) is 17.2 Å². The van der Waals surface area contributed by atoms with E-state index in [1.807, 2.05) is 4.72 Å². The summed E-state index contributed by atoms with van der Waals surface area (Å²) in [7, 11) is -4.05. The predicted octanol–water partition coefficient (Wildman–Crippen LogP) is 2.26. The molecule has 4 nitrogen and oxygen atoms in total. The van der Waals surface area contributed by atoms with E-state index in [1.54, 1.807) is 6.07 Å². The number of hydrogen-bond acceptors (Lipinski definition) is 3. The minimum absolute atomic E-state index is 0.146. The molecule has 0 aliphatic rings. The SMILES string of the molecule is O=S(=O)(Nc1cccc(F)c1F)c1cccc(CO)c1. The lowest BCUT2D eigenvalue weighted by molar-refractivity contribution is 0.281. The quantitative estimate of drug-likeness (QED) is 0.910. The molecule has 2 aromatic carbocycles. The number of nitrogens with one attached hydrogen (secondary N) is 1. The van der Waals surface area contributed by atoms with Gasteiger partial charge in [-0.25, -0.2) is 17.2 Å². The number of rotatable bonds is 4. The number of aliphatic hydroxyl groups excluding tert-OH is 1. The minimum atomic E-state index is -4.05. The molecule has 0 unspecified atom stereocenters. The molecular formula is C13H11F2NO3S. The maximum atomic E-state index is 13.5. The Hall–Kier alpha value is -1.99. The Kier molecular flexibility index (Phi) is 4.01. The van der Waals surface area contributed by atoms with E-state index in [0.717, 1.165) is 12.1 Å². The van der Waals surface area contributed by atoms with Gasteiger partial charge in [-0.3, -0.25) is 4.72 Å². The first kappa shape index (κ1) is 14.4. The van der Waals surface area contributed by atoms with Crippen LogP contribution in [0.3, 0.4) is 0 Å². The van der Waals surface area contributed by atoms with Gasteiger partial charge in [-0.15, -0.1) is 0 Å². The lowest BCUT2D eigenvalue weighted by Crippen LogP contribution is -2.14. The zero-order valence-electron chi connectivity index (χ0n) is 10.2. The van der Waals surface area contributed by atoms with E-state index in [0.29, 0.717) is 5.56 Å². The highest BCUT2D eigenvalue weighted by atomic mass is 32.2. The molecule has 0 aliphatic carbocycles. The van der Waals surface area contributed by atoms with Gasteiger partial charge in [-0.2, -0.15) is 0 Å². The Bertz CT molecular complexity index is 732. The van der Waals surface area contributed by atoms with Gasteiger partial charge in [0.15, 0.2) is 11.6 Å². The molecule has 7 heteroatoms. The number of aliphatic hydroxyl groups is 1. The third kappa shape index (κ3) is 2.94. The average Bonchev–Trinajstić information content (AvgIpc) is 2.44. The number of halogens is 2. The fraction of sp³-hybridized carbons (Fsp3) is 0.0769. The van der Waals surface area contributed by atoms with Gasteiger partial charge in [0.25, 0.3) is 10.0 Å². The van der Waals surface area contributed by atoms with E-state index in [-0.39, 0.29) is 11.5 Å². The van der Waals surface area contributed by atoms with Gasteiger partial charge in [0.1, 0.15) is 0 Å². The van der Waals surface area contributed by atoms with Gasteiger partial charge in [-0.1, -0.05) is 18.2 Å². The van der Waals surface area contributed by atoms with Gasteiger partial charge in [-0.05, 0) is 29.8 Å². The predicted molar refractivity (Wildman–Crippen MR) is 69.5 cm³/mol. The average molecular weight is 299 g/mol. The van der Waals surface area contributed by atoms with Crippen molar-refractivity contribution in [3.63, 3.8) is 0 Å². The second kappa shape index (κ2) is 5.56. The van der Waals surface area contributed by atoms with E-state index < -0.39 is 27.3 Å². The summed E-state index contributed by atoms with van der Waals surface area (Å²) in [5, 5.41) is 8.97. The molecule has 0 atom stereocenters. The number of sulfonamides is 1. The van der Waals surface area contributed by atoms with Crippen molar-refractivity contribution in [3.05, 3.63) is 59.7 Å². The number of benzene rings is 2. The monoisotopic (exact) mass is 299 g/mol. The molecule has 0 bridgehead atoms. The molecule has 20 heavy (non-hydrogen) atoms. The highest BCUT2D eigenvalue weighted by Gasteiger charge is 2.18. The second-order valence-electron chi connectivity index (χ2n) is 4.01. The van der Waals surface area contributed by atoms with Crippen LogP contribution in [-0.4, -0.2) is 13.5 Å². The molecule has 0 spiro atoms. The van der Waals surface area contributed by atoms with Crippen LogP contribution in [0.25, 0.3) is 0 Å². The van der Waals surface area contributed by atoms with Crippen molar-refractivity contribution in [2.75, 3.05) is 4.72 Å². The first-order chi connectivity index (χ1) is 9.44. The van der Waals surface area contributed by atoms with Crippen molar-refractivity contribution in [2.24, 2.45) is 0 Å². The summed E-state index contributed by atoms with van der Waals surface area (Å²) in [6.07, 6.45) is 0. The standard InChI is InChI=1S/C13H11F2NO3S/c14-11-5-2-6-12(13(11)15)16-20(18,19)10-4-1-3-9(7-10)8-17/h1-7,16-17H,8H2. The summed E-state index contributed by atoms with van der Waals surface area (Å²) < 4.78 is 52.6. The minimum Gasteiger partial charge on any atom is -0.392 e. The van der Waals surface area contributed by atoms with Crippen LogP contribution in [0, 0.1) is 11.6 Å². The zero-order chi connectivity index (χ0) is 14.8. The number of hydrogen-bond donors (Lipinski definition) is 2. The van der Waals surface area contributed by atoms with Crippen LogP contribution >= 0.6 is 0 Å². The molecule has 0 heterocycles. The lowest BCUT2D eigenvalue weighted by atomic mass is 10.2. The van der Waals surface area contributed by atoms with Crippen LogP contribution in [-0.2, 0) is 16.6 Å². The molecule has 2 N–H and O–H groups in total. The third-order valence-corrected chi connectivity index (χ3v) is 3.95. The van der Waals surface area contributed by atoms with Crippen molar-refractivity contribution in [2.45, 2.75) is 11.5 Å². The zero-order valence-corrected chi connectivity index (χ0v) is 11.0. The highest BCUT2D eigenvalue weighted by molar-refractivity contribution is 7.92. The summed E-state index contributed by atoms with van der Waals surface area (Å²) in [6.45, 7) is -0.322. The molecule has 0 aliphatic heterocycles. The van der Waals surface area contributed by atoms with Gasteiger partial charge in [0.2, 0.25) is 0 Å². The van der Waals surface area contributed by atoms with Crippen LogP contribution in [0.4, 0.5) is 14.5 Å². The van der Waals surface area contributed by atoms with Crippen LogP contribution in [0.1, 0.15) is 5.56 Å². The smallest absolute Gasteiger partial charge is 0.261 e. The van der Waals surface area contributed by atoms with Crippen molar-refractivity contribution in [1.82, 2.24) is 0 Å². The first-order valence-electron chi connectivity index (χ1n) is 5.60. The fourth-order valence-corrected chi connectivity index (χ4v) is 2.73. The van der Waals surface area contributed by atoms with Crippen molar-refractivity contribution >= 4 is 15.7 Å². The Morgan fingerprint density at radius 2 is 1.80 bits per heavy atom. The van der Waals surface area contributed by atoms with E-state index in [9.17, 15) is 17.2 Å². The fourth-order valence-electron chi connectivity index (χ4n) is 1.60. The van der Waals surface area contributed by atoms with Crippen molar-refractivity contribution in [1.29, 1.82) is 0 Å². The molecule has 0 amide bonds. The highest BCUT2D eigenvalue weighted by Crippen LogP contribution is 2.21. The summed E-state index contributed by atoms with van der Waals surface area (Å²) in [5.74, 6) is -2.41. The molecule has 106 valence electrons. The van der Waals surface area contributed by atoms with Gasteiger partial charge >= 0.3 is 0 Å². The number of anilines is 1. The summed E-state index contributed by atoms with van der Waals surface area (Å²) in [5.41, 5.74) is -0.0769.